The Balaban J connectivity index is 2.16. The van der Waals surface area contributed by atoms with Gasteiger partial charge in [-0.1, -0.05) is 13.0 Å². The number of rotatable bonds is 6. The SMILES string of the molecule is CCCNC(Cc1cc(F)ccc1C)C1(C)CCCS1. The van der Waals surface area contributed by atoms with Crippen LogP contribution in [0.15, 0.2) is 18.2 Å². The van der Waals surface area contributed by atoms with Gasteiger partial charge in [-0.05, 0) is 75.1 Å². The molecule has 0 saturated carbocycles. The summed E-state index contributed by atoms with van der Waals surface area (Å²) >= 11 is 2.08. The van der Waals surface area contributed by atoms with Gasteiger partial charge < -0.3 is 5.32 Å². The molecule has 1 aromatic carbocycles. The van der Waals surface area contributed by atoms with E-state index in [2.05, 4.69) is 37.8 Å². The van der Waals surface area contributed by atoms with Gasteiger partial charge in [-0.2, -0.15) is 11.8 Å². The first-order valence-electron chi connectivity index (χ1n) is 7.67. The monoisotopic (exact) mass is 295 g/mol. The molecule has 2 atom stereocenters. The summed E-state index contributed by atoms with van der Waals surface area (Å²) in [5.74, 6) is 1.13. The summed E-state index contributed by atoms with van der Waals surface area (Å²) in [5, 5.41) is 3.70. The van der Waals surface area contributed by atoms with Crippen LogP contribution >= 0.6 is 11.8 Å². The fourth-order valence-corrected chi connectivity index (χ4v) is 4.39. The van der Waals surface area contributed by atoms with Crippen LogP contribution in [0.25, 0.3) is 0 Å². The second kappa shape index (κ2) is 6.95. The lowest BCUT2D eigenvalue weighted by Crippen LogP contribution is -2.47. The zero-order valence-electron chi connectivity index (χ0n) is 12.8. The van der Waals surface area contributed by atoms with Crippen molar-refractivity contribution in [3.05, 3.63) is 35.1 Å². The predicted molar refractivity (Wildman–Crippen MR) is 87.0 cm³/mol. The van der Waals surface area contributed by atoms with Crippen LogP contribution in [-0.2, 0) is 6.42 Å². The quantitative estimate of drug-likeness (QED) is 0.838. The second-order valence-electron chi connectivity index (χ2n) is 6.05. The van der Waals surface area contributed by atoms with E-state index in [1.807, 2.05) is 6.07 Å². The molecular weight excluding hydrogens is 269 g/mol. The van der Waals surface area contributed by atoms with E-state index < -0.39 is 0 Å². The Morgan fingerprint density at radius 2 is 2.25 bits per heavy atom. The first-order chi connectivity index (χ1) is 9.55. The molecule has 0 amide bonds. The fraction of sp³-hybridized carbons (Fsp3) is 0.647. The number of nitrogens with one attached hydrogen (secondary N) is 1. The largest absolute Gasteiger partial charge is 0.312 e. The van der Waals surface area contributed by atoms with Gasteiger partial charge in [0, 0.05) is 10.8 Å². The van der Waals surface area contributed by atoms with Gasteiger partial charge in [-0.3, -0.25) is 0 Å². The highest BCUT2D eigenvalue weighted by Crippen LogP contribution is 2.41. The Labute approximate surface area is 126 Å². The standard InChI is InChI=1S/C17H26FNS/c1-4-9-19-16(17(3)8-5-10-20-17)12-14-11-15(18)7-6-13(14)2/h6-7,11,16,19H,4-5,8-10,12H2,1-3H3. The van der Waals surface area contributed by atoms with Crippen LogP contribution < -0.4 is 5.32 Å². The molecule has 0 aliphatic carbocycles. The minimum atomic E-state index is -0.121. The Kier molecular flexibility index (Phi) is 5.50. The maximum atomic E-state index is 13.5. The number of benzene rings is 1. The molecule has 0 radical (unpaired) electrons. The second-order valence-corrected chi connectivity index (χ2v) is 7.68. The number of hydrogen-bond acceptors (Lipinski definition) is 2. The van der Waals surface area contributed by atoms with E-state index in [-0.39, 0.29) is 10.6 Å². The molecule has 1 saturated heterocycles. The van der Waals surface area contributed by atoms with E-state index in [1.165, 1.54) is 24.2 Å². The summed E-state index contributed by atoms with van der Waals surface area (Å²) in [6.45, 7) is 7.68. The lowest BCUT2D eigenvalue weighted by molar-refractivity contribution is 0.398. The molecule has 0 bridgehead atoms. The van der Waals surface area contributed by atoms with Crippen molar-refractivity contribution in [2.45, 2.75) is 57.2 Å². The highest BCUT2D eigenvalue weighted by molar-refractivity contribution is 8.00. The van der Waals surface area contributed by atoms with Gasteiger partial charge >= 0.3 is 0 Å². The molecule has 20 heavy (non-hydrogen) atoms. The van der Waals surface area contributed by atoms with Crippen LogP contribution in [0, 0.1) is 12.7 Å². The minimum absolute atomic E-state index is 0.121. The molecule has 2 rings (SSSR count). The zero-order valence-corrected chi connectivity index (χ0v) is 13.7. The van der Waals surface area contributed by atoms with Gasteiger partial charge in [0.25, 0.3) is 0 Å². The molecule has 1 aliphatic heterocycles. The Morgan fingerprint density at radius 1 is 1.45 bits per heavy atom. The van der Waals surface area contributed by atoms with Crippen molar-refractivity contribution < 1.29 is 4.39 Å². The van der Waals surface area contributed by atoms with Gasteiger partial charge in [0.15, 0.2) is 0 Å². The number of aryl methyl sites for hydroxylation is 1. The van der Waals surface area contributed by atoms with Crippen molar-refractivity contribution in [3.63, 3.8) is 0 Å². The van der Waals surface area contributed by atoms with E-state index in [1.54, 1.807) is 12.1 Å². The molecule has 1 aromatic rings. The summed E-state index contributed by atoms with van der Waals surface area (Å²) in [4.78, 5) is 0. The Bertz CT molecular complexity index is 441. The highest BCUT2D eigenvalue weighted by Gasteiger charge is 2.37. The highest BCUT2D eigenvalue weighted by atomic mass is 32.2. The number of halogens is 1. The van der Waals surface area contributed by atoms with Crippen molar-refractivity contribution >= 4 is 11.8 Å². The van der Waals surface area contributed by atoms with Gasteiger partial charge in [0.05, 0.1) is 0 Å². The molecule has 1 aliphatic rings. The predicted octanol–water partition coefficient (Wildman–Crippen LogP) is 4.33. The van der Waals surface area contributed by atoms with Crippen molar-refractivity contribution in [2.75, 3.05) is 12.3 Å². The first kappa shape index (κ1) is 15.8. The molecule has 1 heterocycles. The zero-order chi connectivity index (χ0) is 14.6. The number of hydrogen-bond donors (Lipinski definition) is 1. The molecule has 112 valence electrons. The van der Waals surface area contributed by atoms with Crippen molar-refractivity contribution in [1.29, 1.82) is 0 Å². The Hall–Kier alpha value is -0.540. The molecule has 1 N–H and O–H groups in total. The van der Waals surface area contributed by atoms with Gasteiger partial charge in [-0.25, -0.2) is 4.39 Å². The topological polar surface area (TPSA) is 12.0 Å². The summed E-state index contributed by atoms with van der Waals surface area (Å²) in [6.07, 6.45) is 4.62. The third kappa shape index (κ3) is 3.76. The molecule has 1 nitrogen and oxygen atoms in total. The van der Waals surface area contributed by atoms with E-state index in [0.717, 1.165) is 24.9 Å². The number of thioether (sulfide) groups is 1. The third-order valence-corrected chi connectivity index (χ3v) is 6.00. The summed E-state index contributed by atoms with van der Waals surface area (Å²) in [6, 6.07) is 5.58. The van der Waals surface area contributed by atoms with Crippen LogP contribution in [0.3, 0.4) is 0 Å². The molecule has 3 heteroatoms. The molecule has 1 fully saturated rings. The maximum Gasteiger partial charge on any atom is 0.123 e. The lowest BCUT2D eigenvalue weighted by atomic mass is 9.89. The average Bonchev–Trinajstić information content (AvgIpc) is 2.86. The molecule has 2 unspecified atom stereocenters. The minimum Gasteiger partial charge on any atom is -0.312 e. The van der Waals surface area contributed by atoms with Gasteiger partial charge in [0.1, 0.15) is 5.82 Å². The van der Waals surface area contributed by atoms with E-state index >= 15 is 0 Å². The summed E-state index contributed by atoms with van der Waals surface area (Å²) < 4.78 is 13.8. The van der Waals surface area contributed by atoms with Crippen LogP contribution in [0.2, 0.25) is 0 Å². The third-order valence-electron chi connectivity index (χ3n) is 4.36. The lowest BCUT2D eigenvalue weighted by Gasteiger charge is -2.34. The van der Waals surface area contributed by atoms with Crippen LogP contribution in [0.1, 0.15) is 44.2 Å². The van der Waals surface area contributed by atoms with Crippen LogP contribution in [0.4, 0.5) is 4.39 Å². The van der Waals surface area contributed by atoms with E-state index in [9.17, 15) is 4.39 Å². The fourth-order valence-electron chi connectivity index (χ4n) is 2.98. The van der Waals surface area contributed by atoms with Crippen molar-refractivity contribution in [2.24, 2.45) is 0 Å². The first-order valence-corrected chi connectivity index (χ1v) is 8.66. The summed E-state index contributed by atoms with van der Waals surface area (Å²) in [5.41, 5.74) is 2.34. The van der Waals surface area contributed by atoms with Gasteiger partial charge in [-0.15, -0.1) is 0 Å². The van der Waals surface area contributed by atoms with E-state index in [4.69, 9.17) is 0 Å². The summed E-state index contributed by atoms with van der Waals surface area (Å²) in [7, 11) is 0. The van der Waals surface area contributed by atoms with Crippen LogP contribution in [-0.4, -0.2) is 23.1 Å². The maximum absolute atomic E-state index is 13.5. The molecular formula is C17H26FNS. The van der Waals surface area contributed by atoms with Crippen molar-refractivity contribution in [1.82, 2.24) is 5.32 Å². The molecule has 0 spiro atoms. The van der Waals surface area contributed by atoms with Crippen LogP contribution in [0.5, 0.6) is 0 Å². The smallest absolute Gasteiger partial charge is 0.123 e. The molecule has 0 aromatic heterocycles. The van der Waals surface area contributed by atoms with E-state index in [0.29, 0.717) is 6.04 Å². The normalized spacial score (nSPS) is 24.0. The average molecular weight is 295 g/mol. The van der Waals surface area contributed by atoms with Gasteiger partial charge in [0.2, 0.25) is 0 Å². The van der Waals surface area contributed by atoms with Crippen molar-refractivity contribution in [3.8, 4) is 0 Å². The Morgan fingerprint density at radius 3 is 2.90 bits per heavy atom.